The summed E-state index contributed by atoms with van der Waals surface area (Å²) in [6, 6.07) is 8.23. The second-order valence-electron chi connectivity index (χ2n) is 9.00. The summed E-state index contributed by atoms with van der Waals surface area (Å²) in [6.45, 7) is 9.75. The fraction of sp³-hybridized carbons (Fsp3) is 0.440. The van der Waals surface area contributed by atoms with Crippen molar-refractivity contribution in [3.05, 3.63) is 58.7 Å². The highest BCUT2D eigenvalue weighted by atomic mass is 19.4. The Morgan fingerprint density at radius 3 is 2.67 bits per heavy atom. The van der Waals surface area contributed by atoms with E-state index in [0.29, 0.717) is 17.2 Å². The molecule has 0 spiro atoms. The minimum absolute atomic E-state index is 0.0158. The Bertz CT molecular complexity index is 1050. The third kappa shape index (κ3) is 5.31. The molecule has 1 heterocycles. The van der Waals surface area contributed by atoms with E-state index in [9.17, 15) is 18.0 Å². The highest BCUT2D eigenvalue weighted by Crippen LogP contribution is 2.45. The average Bonchev–Trinajstić information content (AvgIpc) is 2.75. The Morgan fingerprint density at radius 2 is 2.03 bits per heavy atom. The predicted molar refractivity (Wildman–Crippen MR) is 124 cm³/mol. The predicted octanol–water partition coefficient (Wildman–Crippen LogP) is 5.98. The van der Waals surface area contributed by atoms with Crippen LogP contribution < -0.4 is 15.1 Å². The number of rotatable bonds is 6. The van der Waals surface area contributed by atoms with Crippen molar-refractivity contribution < 1.29 is 22.7 Å². The van der Waals surface area contributed by atoms with Crippen LogP contribution >= 0.6 is 0 Å². The summed E-state index contributed by atoms with van der Waals surface area (Å²) >= 11 is 0. The maximum absolute atomic E-state index is 12.9. The molecule has 33 heavy (non-hydrogen) atoms. The van der Waals surface area contributed by atoms with E-state index in [4.69, 9.17) is 4.74 Å². The summed E-state index contributed by atoms with van der Waals surface area (Å²) in [4.78, 5) is 14.7. The summed E-state index contributed by atoms with van der Waals surface area (Å²) in [6.07, 6.45) is -1.05. The molecule has 0 aromatic heterocycles. The summed E-state index contributed by atoms with van der Waals surface area (Å²) in [7, 11) is 1.57. The molecule has 2 aromatic rings. The van der Waals surface area contributed by atoms with E-state index < -0.39 is 17.6 Å². The number of amides is 1. The van der Waals surface area contributed by atoms with E-state index in [1.165, 1.54) is 23.9 Å². The Morgan fingerprint density at radius 1 is 1.30 bits per heavy atom. The number of halogens is 3. The van der Waals surface area contributed by atoms with Crippen LogP contribution in [-0.2, 0) is 6.18 Å². The van der Waals surface area contributed by atoms with Gasteiger partial charge in [-0.25, -0.2) is 5.43 Å². The Hall–Kier alpha value is -3.03. The lowest BCUT2D eigenvalue weighted by Crippen LogP contribution is -2.48. The van der Waals surface area contributed by atoms with Crippen LogP contribution in [0.5, 0.6) is 5.75 Å². The normalized spacial score (nSPS) is 17.7. The largest absolute Gasteiger partial charge is 0.496 e. The summed E-state index contributed by atoms with van der Waals surface area (Å²) in [5.41, 5.74) is 4.31. The van der Waals surface area contributed by atoms with E-state index in [0.717, 1.165) is 37.2 Å². The minimum atomic E-state index is -4.52. The van der Waals surface area contributed by atoms with Gasteiger partial charge in [0.15, 0.2) is 0 Å². The smallest absolute Gasteiger partial charge is 0.416 e. The van der Waals surface area contributed by atoms with Gasteiger partial charge in [-0.2, -0.15) is 18.3 Å². The van der Waals surface area contributed by atoms with Gasteiger partial charge in [-0.3, -0.25) is 4.79 Å². The molecule has 1 N–H and O–H groups in total. The number of benzene rings is 2. The number of ether oxygens (including phenoxy) is 1. The number of hydrogen-bond donors (Lipinski definition) is 1. The van der Waals surface area contributed by atoms with Crippen molar-refractivity contribution in [3.63, 3.8) is 0 Å². The van der Waals surface area contributed by atoms with Crippen molar-refractivity contribution in [2.75, 3.05) is 18.6 Å². The van der Waals surface area contributed by atoms with Crippen molar-refractivity contribution in [1.82, 2.24) is 5.43 Å². The molecule has 0 saturated carbocycles. The third-order valence-electron chi connectivity index (χ3n) is 6.01. The molecule has 0 saturated heterocycles. The van der Waals surface area contributed by atoms with Gasteiger partial charge in [-0.15, -0.1) is 0 Å². The Labute approximate surface area is 192 Å². The van der Waals surface area contributed by atoms with Gasteiger partial charge >= 0.3 is 6.18 Å². The molecular weight excluding hydrogens is 431 g/mol. The lowest BCUT2D eigenvalue weighted by atomic mass is 9.79. The van der Waals surface area contributed by atoms with Crippen molar-refractivity contribution in [2.24, 2.45) is 5.10 Å². The van der Waals surface area contributed by atoms with Gasteiger partial charge in [0, 0.05) is 35.0 Å². The van der Waals surface area contributed by atoms with E-state index in [2.05, 4.69) is 43.1 Å². The van der Waals surface area contributed by atoms with E-state index in [1.54, 1.807) is 7.11 Å². The first kappa shape index (κ1) is 24.6. The highest BCUT2D eigenvalue weighted by Gasteiger charge is 2.36. The maximum atomic E-state index is 12.9. The molecule has 3 rings (SSSR count). The quantitative estimate of drug-likeness (QED) is 0.425. The second kappa shape index (κ2) is 9.45. The molecular formula is C25H30F3N3O2. The SMILES string of the molecule is CCCN1c2cc(OC)c(/C=N\NC(=O)c3cccc(C(F)(F)F)c3)cc2C(C)CC1(C)C. The number of hydrogen-bond acceptors (Lipinski definition) is 4. The van der Waals surface area contributed by atoms with Crippen LogP contribution in [-0.4, -0.2) is 31.3 Å². The molecule has 178 valence electrons. The molecule has 1 unspecified atom stereocenters. The number of carbonyl (C=O) groups is 1. The van der Waals surface area contributed by atoms with Gasteiger partial charge in [-0.05, 0) is 62.4 Å². The van der Waals surface area contributed by atoms with Crippen molar-refractivity contribution in [1.29, 1.82) is 0 Å². The van der Waals surface area contributed by atoms with Gasteiger partial charge < -0.3 is 9.64 Å². The number of nitrogens with one attached hydrogen (secondary N) is 1. The van der Waals surface area contributed by atoms with E-state index >= 15 is 0 Å². The average molecular weight is 462 g/mol. The molecule has 2 aromatic carbocycles. The van der Waals surface area contributed by atoms with Crippen LogP contribution in [0.4, 0.5) is 18.9 Å². The molecule has 8 heteroatoms. The van der Waals surface area contributed by atoms with Crippen LogP contribution in [0.2, 0.25) is 0 Å². The zero-order valence-electron chi connectivity index (χ0n) is 19.6. The molecule has 0 aliphatic carbocycles. The van der Waals surface area contributed by atoms with Crippen molar-refractivity contribution in [2.45, 2.75) is 58.2 Å². The van der Waals surface area contributed by atoms with Crippen LogP contribution in [0.15, 0.2) is 41.5 Å². The molecule has 0 bridgehead atoms. The summed E-state index contributed by atoms with van der Waals surface area (Å²) in [5, 5.41) is 3.98. The first-order valence-corrected chi connectivity index (χ1v) is 11.0. The van der Waals surface area contributed by atoms with Crippen LogP contribution in [0.3, 0.4) is 0 Å². The number of alkyl halides is 3. The number of methoxy groups -OCH3 is 1. The van der Waals surface area contributed by atoms with Crippen LogP contribution in [0, 0.1) is 0 Å². The van der Waals surface area contributed by atoms with Gasteiger partial charge in [0.1, 0.15) is 5.75 Å². The van der Waals surface area contributed by atoms with E-state index in [1.807, 2.05) is 12.1 Å². The van der Waals surface area contributed by atoms with Crippen LogP contribution in [0.25, 0.3) is 0 Å². The minimum Gasteiger partial charge on any atom is -0.496 e. The summed E-state index contributed by atoms with van der Waals surface area (Å²) < 4.78 is 44.3. The third-order valence-corrected chi connectivity index (χ3v) is 6.01. The summed E-state index contributed by atoms with van der Waals surface area (Å²) in [5.74, 6) is 0.205. The molecule has 1 aliphatic heterocycles. The molecule has 0 radical (unpaired) electrons. The number of hydrazone groups is 1. The fourth-order valence-corrected chi connectivity index (χ4v) is 4.51. The number of carbonyl (C=O) groups excluding carboxylic acids is 1. The van der Waals surface area contributed by atoms with Gasteiger partial charge in [0.25, 0.3) is 5.91 Å². The molecule has 1 amide bonds. The van der Waals surface area contributed by atoms with Crippen LogP contribution in [0.1, 0.15) is 73.5 Å². The van der Waals surface area contributed by atoms with Gasteiger partial charge in [0.2, 0.25) is 0 Å². The monoisotopic (exact) mass is 461 g/mol. The first-order valence-electron chi connectivity index (χ1n) is 11.0. The standard InChI is InChI=1S/C25H30F3N3O2/c1-6-10-31-21-13-22(33-5)18(12-20(21)16(2)14-24(31,3)4)15-29-30-23(32)17-8-7-9-19(11-17)25(26,27)28/h7-9,11-13,15-16H,6,10,14H2,1-5H3,(H,30,32)/b29-15-. The Kier molecular flexibility index (Phi) is 7.05. The fourth-order valence-electron chi connectivity index (χ4n) is 4.51. The number of fused-ring (bicyclic) bond motifs is 1. The topological polar surface area (TPSA) is 53.9 Å². The van der Waals surface area contributed by atoms with E-state index in [-0.39, 0.29) is 11.1 Å². The lowest BCUT2D eigenvalue weighted by molar-refractivity contribution is -0.137. The molecule has 5 nitrogen and oxygen atoms in total. The zero-order chi connectivity index (χ0) is 24.4. The molecule has 1 aliphatic rings. The maximum Gasteiger partial charge on any atom is 0.416 e. The van der Waals surface area contributed by atoms with Crippen molar-refractivity contribution >= 4 is 17.8 Å². The highest BCUT2D eigenvalue weighted by molar-refractivity contribution is 5.95. The Balaban J connectivity index is 1.86. The lowest BCUT2D eigenvalue weighted by Gasteiger charge is -2.47. The molecule has 0 fully saturated rings. The second-order valence-corrected chi connectivity index (χ2v) is 9.00. The first-order chi connectivity index (χ1) is 15.5. The number of anilines is 1. The zero-order valence-corrected chi connectivity index (χ0v) is 19.6. The van der Waals surface area contributed by atoms with Gasteiger partial charge in [0.05, 0.1) is 18.9 Å². The van der Waals surface area contributed by atoms with Crippen molar-refractivity contribution in [3.8, 4) is 5.75 Å². The van der Waals surface area contributed by atoms with Gasteiger partial charge in [-0.1, -0.05) is 19.9 Å². The number of nitrogens with zero attached hydrogens (tertiary/aromatic N) is 2. The molecule has 1 atom stereocenters.